The van der Waals surface area contributed by atoms with Crippen LogP contribution in [0.5, 0.6) is 0 Å². The zero-order chi connectivity index (χ0) is 18.3. The average molecular weight is 364 g/mol. The molecule has 1 aliphatic carbocycles. The second-order valence-corrected chi connectivity index (χ2v) is 7.85. The highest BCUT2D eigenvalue weighted by Crippen LogP contribution is 2.48. The van der Waals surface area contributed by atoms with E-state index in [1.165, 1.54) is 11.1 Å². The summed E-state index contributed by atoms with van der Waals surface area (Å²) in [5.41, 5.74) is 3.41. The third-order valence-electron chi connectivity index (χ3n) is 5.23. The molecular formula is C23H22ClNO. The minimum Gasteiger partial charge on any atom is -0.326 e. The largest absolute Gasteiger partial charge is 0.326 e. The molecule has 3 aromatic carbocycles. The Balaban J connectivity index is 1.48. The minimum atomic E-state index is 0.0550. The number of amides is 1. The number of fused-ring (bicyclic) bond motifs is 1. The van der Waals surface area contributed by atoms with Crippen LogP contribution in [0.2, 0.25) is 5.02 Å². The highest BCUT2D eigenvalue weighted by molar-refractivity contribution is 6.35. The highest BCUT2D eigenvalue weighted by Gasteiger charge is 2.44. The van der Waals surface area contributed by atoms with Crippen LogP contribution in [0.1, 0.15) is 43.2 Å². The molecule has 1 aliphatic rings. The van der Waals surface area contributed by atoms with Gasteiger partial charge in [-0.2, -0.15) is 0 Å². The van der Waals surface area contributed by atoms with Crippen molar-refractivity contribution >= 4 is 34.0 Å². The molecule has 3 heteroatoms. The van der Waals surface area contributed by atoms with Gasteiger partial charge in [-0.15, -0.1) is 0 Å². The molecule has 0 heterocycles. The molecule has 0 saturated heterocycles. The molecule has 0 aromatic heterocycles. The van der Waals surface area contributed by atoms with Gasteiger partial charge in [0.05, 0.1) is 0 Å². The van der Waals surface area contributed by atoms with Gasteiger partial charge in [-0.25, -0.2) is 0 Å². The van der Waals surface area contributed by atoms with Crippen LogP contribution in [0.15, 0.2) is 60.7 Å². The van der Waals surface area contributed by atoms with Crippen molar-refractivity contribution < 1.29 is 4.79 Å². The predicted octanol–water partition coefficient (Wildman–Crippen LogP) is 6.36. The fourth-order valence-electron chi connectivity index (χ4n) is 3.55. The lowest BCUT2D eigenvalue weighted by Gasteiger charge is -2.09. The molecule has 0 radical (unpaired) electrons. The van der Waals surface area contributed by atoms with E-state index in [1.807, 2.05) is 36.4 Å². The fourth-order valence-corrected chi connectivity index (χ4v) is 3.79. The maximum atomic E-state index is 12.7. The van der Waals surface area contributed by atoms with Crippen LogP contribution in [-0.4, -0.2) is 5.91 Å². The summed E-state index contributed by atoms with van der Waals surface area (Å²) < 4.78 is 0. The second kappa shape index (κ2) is 6.77. The van der Waals surface area contributed by atoms with Gasteiger partial charge in [0.2, 0.25) is 5.91 Å². The van der Waals surface area contributed by atoms with Gasteiger partial charge in [0.25, 0.3) is 0 Å². The number of benzene rings is 3. The Morgan fingerprint density at radius 1 is 1.08 bits per heavy atom. The van der Waals surface area contributed by atoms with Crippen LogP contribution < -0.4 is 5.32 Å². The molecule has 3 aromatic rings. The average Bonchev–Trinajstić information content (AvgIpc) is 3.43. The number of carbonyl (C=O) groups excluding carboxylic acids is 1. The standard InChI is InChI=1S/C23H22ClNO/c1-14(2)16-6-3-7-17(11-16)19-13-21(19)23(26)25-18-10-9-15-5-4-8-22(24)20(15)12-18/h3-12,14,19,21H,13H2,1-2H3,(H,25,26). The molecule has 1 amide bonds. The van der Waals surface area contributed by atoms with Crippen LogP contribution in [0.4, 0.5) is 5.69 Å². The zero-order valence-corrected chi connectivity index (χ0v) is 15.8. The number of hydrogen-bond donors (Lipinski definition) is 1. The van der Waals surface area contributed by atoms with Crippen LogP contribution >= 0.6 is 11.6 Å². The summed E-state index contributed by atoms with van der Waals surface area (Å²) in [6.45, 7) is 4.39. The van der Waals surface area contributed by atoms with Crippen molar-refractivity contribution in [1.29, 1.82) is 0 Å². The van der Waals surface area contributed by atoms with Gasteiger partial charge >= 0.3 is 0 Å². The normalized spacial score (nSPS) is 18.9. The molecule has 0 spiro atoms. The van der Waals surface area contributed by atoms with Crippen molar-refractivity contribution in [2.45, 2.75) is 32.1 Å². The summed E-state index contributed by atoms with van der Waals surface area (Å²) in [7, 11) is 0. The first-order valence-electron chi connectivity index (χ1n) is 9.12. The van der Waals surface area contributed by atoms with E-state index in [1.54, 1.807) is 0 Å². The molecule has 2 nitrogen and oxygen atoms in total. The van der Waals surface area contributed by atoms with Crippen molar-refractivity contribution in [3.05, 3.63) is 76.8 Å². The van der Waals surface area contributed by atoms with E-state index in [2.05, 4.69) is 43.4 Å². The quantitative estimate of drug-likeness (QED) is 0.574. The van der Waals surface area contributed by atoms with E-state index in [0.29, 0.717) is 16.9 Å². The van der Waals surface area contributed by atoms with E-state index in [9.17, 15) is 4.79 Å². The number of rotatable bonds is 4. The third kappa shape index (κ3) is 3.34. The van der Waals surface area contributed by atoms with Gasteiger partial charge in [-0.05, 0) is 53.0 Å². The van der Waals surface area contributed by atoms with Crippen molar-refractivity contribution in [2.75, 3.05) is 5.32 Å². The summed E-state index contributed by atoms with van der Waals surface area (Å²) in [5.74, 6) is 0.983. The molecule has 1 saturated carbocycles. The molecule has 1 N–H and O–H groups in total. The minimum absolute atomic E-state index is 0.0550. The summed E-state index contributed by atoms with van der Waals surface area (Å²) in [4.78, 5) is 12.7. The van der Waals surface area contributed by atoms with Crippen molar-refractivity contribution in [1.82, 2.24) is 0 Å². The Bertz CT molecular complexity index is 979. The van der Waals surface area contributed by atoms with Crippen molar-refractivity contribution in [3.63, 3.8) is 0 Å². The third-order valence-corrected chi connectivity index (χ3v) is 5.56. The first-order chi connectivity index (χ1) is 12.5. The summed E-state index contributed by atoms with van der Waals surface area (Å²) in [5, 5.41) is 5.80. The maximum Gasteiger partial charge on any atom is 0.228 e. The van der Waals surface area contributed by atoms with E-state index in [0.717, 1.165) is 22.9 Å². The molecule has 0 aliphatic heterocycles. The van der Waals surface area contributed by atoms with E-state index >= 15 is 0 Å². The smallest absolute Gasteiger partial charge is 0.228 e. The highest BCUT2D eigenvalue weighted by atomic mass is 35.5. The van der Waals surface area contributed by atoms with E-state index in [4.69, 9.17) is 11.6 Å². The Kier molecular flexibility index (Phi) is 4.46. The molecule has 0 bridgehead atoms. The van der Waals surface area contributed by atoms with Crippen LogP contribution in [0.3, 0.4) is 0 Å². The number of halogens is 1. The van der Waals surface area contributed by atoms with E-state index in [-0.39, 0.29) is 11.8 Å². The lowest BCUT2D eigenvalue weighted by Crippen LogP contribution is -2.14. The zero-order valence-electron chi connectivity index (χ0n) is 15.0. The molecule has 132 valence electrons. The summed E-state index contributed by atoms with van der Waals surface area (Å²) in [6, 6.07) is 20.3. The topological polar surface area (TPSA) is 29.1 Å². The molecule has 2 unspecified atom stereocenters. The number of nitrogens with one attached hydrogen (secondary N) is 1. The first-order valence-corrected chi connectivity index (χ1v) is 9.50. The van der Waals surface area contributed by atoms with Crippen molar-refractivity contribution in [3.8, 4) is 0 Å². The van der Waals surface area contributed by atoms with Gasteiger partial charge < -0.3 is 5.32 Å². The fraction of sp³-hybridized carbons (Fsp3) is 0.261. The van der Waals surface area contributed by atoms with Gasteiger partial charge in [0.15, 0.2) is 0 Å². The molecule has 1 fully saturated rings. The molecule has 26 heavy (non-hydrogen) atoms. The van der Waals surface area contributed by atoms with Crippen LogP contribution in [0, 0.1) is 5.92 Å². The molecule has 2 atom stereocenters. The van der Waals surface area contributed by atoms with E-state index < -0.39 is 0 Å². The number of carbonyl (C=O) groups is 1. The molecule has 4 rings (SSSR count). The van der Waals surface area contributed by atoms with Crippen LogP contribution in [-0.2, 0) is 4.79 Å². The monoisotopic (exact) mass is 363 g/mol. The number of hydrogen-bond acceptors (Lipinski definition) is 1. The predicted molar refractivity (Wildman–Crippen MR) is 109 cm³/mol. The van der Waals surface area contributed by atoms with Gasteiger partial charge in [-0.1, -0.05) is 67.9 Å². The Hall–Kier alpha value is -2.32. The SMILES string of the molecule is CC(C)c1cccc(C2CC2C(=O)Nc2ccc3cccc(Cl)c3c2)c1. The molecular weight excluding hydrogens is 342 g/mol. The Morgan fingerprint density at radius 3 is 2.69 bits per heavy atom. The van der Waals surface area contributed by atoms with Crippen LogP contribution in [0.25, 0.3) is 10.8 Å². The first kappa shape index (κ1) is 17.1. The van der Waals surface area contributed by atoms with Gasteiger partial charge in [0.1, 0.15) is 0 Å². The Labute approximate surface area is 159 Å². The summed E-state index contributed by atoms with van der Waals surface area (Å²) >= 11 is 6.27. The lowest BCUT2D eigenvalue weighted by atomic mass is 9.98. The summed E-state index contributed by atoms with van der Waals surface area (Å²) in [6.07, 6.45) is 0.918. The maximum absolute atomic E-state index is 12.7. The van der Waals surface area contributed by atoms with Crippen molar-refractivity contribution in [2.24, 2.45) is 5.92 Å². The second-order valence-electron chi connectivity index (χ2n) is 7.44. The lowest BCUT2D eigenvalue weighted by molar-refractivity contribution is -0.117. The Morgan fingerprint density at radius 2 is 1.88 bits per heavy atom. The van der Waals surface area contributed by atoms with Gasteiger partial charge in [0, 0.05) is 22.0 Å². The van der Waals surface area contributed by atoms with Gasteiger partial charge in [-0.3, -0.25) is 4.79 Å². The number of anilines is 1.